The Kier molecular flexibility index (Phi) is 6.83. The van der Waals surface area contributed by atoms with E-state index >= 15 is 0 Å². The van der Waals surface area contributed by atoms with Crippen molar-refractivity contribution in [1.29, 1.82) is 0 Å². The van der Waals surface area contributed by atoms with E-state index < -0.39 is 47.7 Å². The molecule has 1 aliphatic heterocycles. The van der Waals surface area contributed by atoms with Gasteiger partial charge in [-0.05, 0) is 24.6 Å². The van der Waals surface area contributed by atoms with E-state index in [4.69, 9.17) is 4.74 Å². The Labute approximate surface area is 197 Å². The predicted octanol–water partition coefficient (Wildman–Crippen LogP) is 3.69. The Hall–Kier alpha value is -3.80. The Morgan fingerprint density at radius 1 is 1.23 bits per heavy atom. The summed E-state index contributed by atoms with van der Waals surface area (Å²) in [5, 5.41) is 2.61. The van der Waals surface area contributed by atoms with E-state index in [1.165, 1.54) is 36.7 Å². The molecule has 3 aromatic rings. The molecule has 0 aliphatic carbocycles. The van der Waals surface area contributed by atoms with Gasteiger partial charge in [-0.3, -0.25) is 14.5 Å². The maximum atomic E-state index is 14.6. The third-order valence-electron chi connectivity index (χ3n) is 5.77. The Morgan fingerprint density at radius 3 is 2.69 bits per heavy atom. The molecule has 1 saturated heterocycles. The molecule has 2 atom stereocenters. The highest BCUT2D eigenvalue weighted by Gasteiger charge is 2.46. The minimum atomic E-state index is -2.98. The topological polar surface area (TPSA) is 100 Å². The first-order valence-electron chi connectivity index (χ1n) is 10.7. The Bertz CT molecular complexity index is 1250. The Morgan fingerprint density at radius 2 is 2.03 bits per heavy atom. The second kappa shape index (κ2) is 9.82. The second-order valence-electron chi connectivity index (χ2n) is 8.13. The fourth-order valence-electron chi connectivity index (χ4n) is 3.77. The second-order valence-corrected chi connectivity index (χ2v) is 8.13. The van der Waals surface area contributed by atoms with Gasteiger partial charge in [0.1, 0.15) is 17.4 Å². The van der Waals surface area contributed by atoms with Crippen molar-refractivity contribution in [1.82, 2.24) is 19.9 Å². The first-order valence-corrected chi connectivity index (χ1v) is 10.7. The number of hydrogen-bond acceptors (Lipinski definition) is 6. The number of rotatable bonds is 6. The van der Waals surface area contributed by atoms with E-state index in [0.717, 1.165) is 6.20 Å². The maximum absolute atomic E-state index is 14.6. The van der Waals surface area contributed by atoms with E-state index in [0.29, 0.717) is 6.07 Å². The molecule has 0 saturated carbocycles. The fourth-order valence-corrected chi connectivity index (χ4v) is 3.77. The lowest BCUT2D eigenvalue weighted by Gasteiger charge is -2.40. The highest BCUT2D eigenvalue weighted by atomic mass is 19.3. The molecule has 1 unspecified atom stereocenters. The summed E-state index contributed by atoms with van der Waals surface area (Å²) in [6.45, 7) is 1.53. The maximum Gasteiger partial charge on any atom is 0.257 e. The molecule has 0 radical (unpaired) electrons. The number of hydrogen-bond donors (Lipinski definition) is 2. The van der Waals surface area contributed by atoms with Crippen LogP contribution in [-0.2, 0) is 4.79 Å². The van der Waals surface area contributed by atoms with Crippen molar-refractivity contribution in [3.63, 3.8) is 0 Å². The van der Waals surface area contributed by atoms with Gasteiger partial charge in [0.2, 0.25) is 11.5 Å². The lowest BCUT2D eigenvalue weighted by atomic mass is 9.87. The number of nitrogens with zero attached hydrogens (tertiary/aromatic N) is 3. The van der Waals surface area contributed by atoms with E-state index in [2.05, 4.69) is 20.3 Å². The van der Waals surface area contributed by atoms with Gasteiger partial charge in [0, 0.05) is 37.8 Å². The number of halogens is 4. The number of alkyl halides is 2. The van der Waals surface area contributed by atoms with E-state index in [-0.39, 0.29) is 35.8 Å². The minimum Gasteiger partial charge on any atom is -0.435 e. The molecule has 184 valence electrons. The highest BCUT2D eigenvalue weighted by Crippen LogP contribution is 2.40. The van der Waals surface area contributed by atoms with Crippen LogP contribution in [0.3, 0.4) is 0 Å². The molecule has 1 aliphatic rings. The summed E-state index contributed by atoms with van der Waals surface area (Å²) in [5.41, 5.74) is -0.100. The predicted molar refractivity (Wildman–Crippen MR) is 117 cm³/mol. The molecule has 0 aromatic carbocycles. The lowest BCUT2D eigenvalue weighted by molar-refractivity contribution is -0.125. The summed E-state index contributed by atoms with van der Waals surface area (Å²) in [4.78, 5) is 35.6. The Balaban J connectivity index is 1.39. The first-order chi connectivity index (χ1) is 16.6. The lowest BCUT2D eigenvalue weighted by Crippen LogP contribution is -2.52. The van der Waals surface area contributed by atoms with Gasteiger partial charge in [-0.25, -0.2) is 27.5 Å². The van der Waals surface area contributed by atoms with Gasteiger partial charge in [-0.1, -0.05) is 6.07 Å². The standard InChI is InChI=1S/C23H21F4N5O3/c1-13(32-7-6-23(26,27)17(12-32)14-2-5-20(33)29-9-14)21(34)31-19-4-3-16(11-28-19)35-22-18(25)8-15(24)10-30-22/h2-5,8-11,13,17H,6-7,12H2,1H3,(H,29,33)(H,28,31,34)/t13?,17-/m1/s1. The van der Waals surface area contributed by atoms with Gasteiger partial charge in [-0.15, -0.1) is 0 Å². The minimum absolute atomic E-state index is 0.0118. The van der Waals surface area contributed by atoms with Gasteiger partial charge in [-0.2, -0.15) is 0 Å². The van der Waals surface area contributed by atoms with Crippen molar-refractivity contribution in [2.45, 2.75) is 31.2 Å². The van der Waals surface area contributed by atoms with Crippen molar-refractivity contribution in [2.75, 3.05) is 18.4 Å². The van der Waals surface area contributed by atoms with E-state index in [1.807, 2.05) is 0 Å². The molecule has 35 heavy (non-hydrogen) atoms. The van der Waals surface area contributed by atoms with Crippen LogP contribution in [0.25, 0.3) is 0 Å². The van der Waals surface area contributed by atoms with Gasteiger partial charge in [0.05, 0.1) is 24.4 Å². The largest absolute Gasteiger partial charge is 0.435 e. The number of aromatic nitrogens is 3. The molecule has 3 aromatic heterocycles. The molecule has 12 heteroatoms. The molecular formula is C23H21F4N5O3. The molecule has 4 rings (SSSR count). The number of ether oxygens (including phenoxy) is 1. The van der Waals surface area contributed by atoms with E-state index in [1.54, 1.807) is 11.8 Å². The zero-order valence-electron chi connectivity index (χ0n) is 18.5. The molecular weight excluding hydrogens is 470 g/mol. The number of anilines is 1. The van der Waals surface area contributed by atoms with Gasteiger partial charge in [0.25, 0.3) is 11.8 Å². The summed E-state index contributed by atoms with van der Waals surface area (Å²) in [7, 11) is 0. The zero-order valence-corrected chi connectivity index (χ0v) is 18.5. The van der Waals surface area contributed by atoms with Crippen molar-refractivity contribution in [2.24, 2.45) is 0 Å². The average molecular weight is 491 g/mol. The highest BCUT2D eigenvalue weighted by molar-refractivity contribution is 5.93. The first kappa shape index (κ1) is 24.3. The van der Waals surface area contributed by atoms with Crippen LogP contribution in [0.4, 0.5) is 23.4 Å². The van der Waals surface area contributed by atoms with Crippen LogP contribution in [0, 0.1) is 11.6 Å². The molecule has 1 fully saturated rings. The number of carbonyl (C=O) groups excluding carboxylic acids is 1. The number of carbonyl (C=O) groups is 1. The molecule has 8 nitrogen and oxygen atoms in total. The van der Waals surface area contributed by atoms with Crippen molar-refractivity contribution in [3.8, 4) is 11.6 Å². The van der Waals surface area contributed by atoms with Crippen molar-refractivity contribution < 1.29 is 27.1 Å². The number of piperidine rings is 1. The molecule has 2 N–H and O–H groups in total. The smallest absolute Gasteiger partial charge is 0.257 e. The summed E-state index contributed by atoms with van der Waals surface area (Å²) in [6.07, 6.45) is 2.86. The number of likely N-dealkylation sites (tertiary alicyclic amines) is 1. The fraction of sp³-hybridized carbons (Fsp3) is 0.304. The third-order valence-corrected chi connectivity index (χ3v) is 5.77. The number of pyridine rings is 3. The summed E-state index contributed by atoms with van der Waals surface area (Å²) < 4.78 is 61.0. The van der Waals surface area contributed by atoms with Gasteiger partial charge in [0.15, 0.2) is 5.82 Å². The zero-order chi connectivity index (χ0) is 25.2. The van der Waals surface area contributed by atoms with Crippen LogP contribution in [0.1, 0.15) is 24.8 Å². The third kappa shape index (κ3) is 5.65. The average Bonchev–Trinajstić information content (AvgIpc) is 2.82. The summed E-state index contributed by atoms with van der Waals surface area (Å²) in [6, 6.07) is 5.27. The molecule has 0 spiro atoms. The van der Waals surface area contributed by atoms with Crippen molar-refractivity contribution >= 4 is 11.7 Å². The van der Waals surface area contributed by atoms with Gasteiger partial charge >= 0.3 is 0 Å². The molecule has 1 amide bonds. The molecule has 0 bridgehead atoms. The van der Waals surface area contributed by atoms with Crippen LogP contribution in [-0.4, -0.2) is 50.8 Å². The normalized spacial score (nSPS) is 18.6. The number of aromatic amines is 1. The van der Waals surface area contributed by atoms with Crippen LogP contribution < -0.4 is 15.6 Å². The van der Waals surface area contributed by atoms with Crippen LogP contribution >= 0.6 is 0 Å². The van der Waals surface area contributed by atoms with Crippen LogP contribution in [0.2, 0.25) is 0 Å². The SMILES string of the molecule is CC(C(=O)Nc1ccc(Oc2ncc(F)cc2F)cn1)N1CCC(F)(F)[C@@H](c2ccc(=O)[nH]c2)C1. The number of H-pyrrole nitrogens is 1. The molecule has 4 heterocycles. The van der Waals surface area contributed by atoms with Crippen LogP contribution in [0.5, 0.6) is 11.6 Å². The number of nitrogens with one attached hydrogen (secondary N) is 2. The number of amides is 1. The van der Waals surface area contributed by atoms with Crippen LogP contribution in [0.15, 0.2) is 53.7 Å². The van der Waals surface area contributed by atoms with Gasteiger partial charge < -0.3 is 15.0 Å². The quantitative estimate of drug-likeness (QED) is 0.511. The summed E-state index contributed by atoms with van der Waals surface area (Å²) >= 11 is 0. The van der Waals surface area contributed by atoms with E-state index in [9.17, 15) is 27.2 Å². The summed E-state index contributed by atoms with van der Waals surface area (Å²) in [5.74, 6) is -6.61. The monoisotopic (exact) mass is 491 g/mol. The van der Waals surface area contributed by atoms with Crippen molar-refractivity contribution in [3.05, 3.63) is 76.5 Å².